The molecule has 0 bridgehead atoms. The van der Waals surface area contributed by atoms with Gasteiger partial charge in [-0.15, -0.1) is 0 Å². The van der Waals surface area contributed by atoms with Crippen LogP contribution in [0, 0.1) is 0 Å². The van der Waals surface area contributed by atoms with Gasteiger partial charge in [0.15, 0.2) is 0 Å². The number of hydrogen-bond donors (Lipinski definition) is 0. The molecule has 0 aliphatic carbocycles. The molecule has 1 aliphatic rings. The molecule has 4 nitrogen and oxygen atoms in total. The monoisotopic (exact) mass is 323 g/mol. The van der Waals surface area contributed by atoms with E-state index in [1.165, 1.54) is 0 Å². The predicted octanol–water partition coefficient (Wildman–Crippen LogP) is 2.95. The summed E-state index contributed by atoms with van der Waals surface area (Å²) in [6.07, 6.45) is 4.24. The molecule has 0 unspecified atom stereocenters. The fourth-order valence-electron chi connectivity index (χ4n) is 2.66. The summed E-state index contributed by atoms with van der Waals surface area (Å²) in [5.74, 6) is 0.985. The highest BCUT2D eigenvalue weighted by molar-refractivity contribution is 7.99. The van der Waals surface area contributed by atoms with Crippen LogP contribution in [0.2, 0.25) is 0 Å². The minimum absolute atomic E-state index is 0.0453. The van der Waals surface area contributed by atoms with Gasteiger partial charge < -0.3 is 14.4 Å². The van der Waals surface area contributed by atoms with Crippen molar-refractivity contribution in [1.82, 2.24) is 4.90 Å². The average Bonchev–Trinajstić information content (AvgIpc) is 3.06. The molecule has 1 heterocycles. The molecule has 1 aromatic rings. The maximum Gasteiger partial charge on any atom is 0.235 e. The Morgan fingerprint density at radius 2 is 2.27 bits per heavy atom. The average molecular weight is 323 g/mol. The molecule has 1 aliphatic heterocycles. The number of benzene rings is 1. The zero-order valence-corrected chi connectivity index (χ0v) is 14.4. The lowest BCUT2D eigenvalue weighted by Gasteiger charge is -2.28. The van der Waals surface area contributed by atoms with Gasteiger partial charge in [0.25, 0.3) is 0 Å². The Kier molecular flexibility index (Phi) is 6.58. The van der Waals surface area contributed by atoms with E-state index in [1.807, 2.05) is 42.3 Å². The number of thioether (sulfide) groups is 1. The third-order valence-corrected chi connectivity index (χ3v) is 4.92. The minimum Gasteiger partial charge on any atom is -0.496 e. The highest BCUT2D eigenvalue weighted by Crippen LogP contribution is 2.23. The molecule has 0 saturated carbocycles. The molecular weight excluding hydrogens is 298 g/mol. The van der Waals surface area contributed by atoms with Gasteiger partial charge >= 0.3 is 0 Å². The van der Waals surface area contributed by atoms with E-state index in [0.29, 0.717) is 13.1 Å². The molecule has 0 spiro atoms. The number of methoxy groups -OCH3 is 1. The van der Waals surface area contributed by atoms with Crippen LogP contribution in [0.15, 0.2) is 24.3 Å². The Balaban J connectivity index is 2.13. The van der Waals surface area contributed by atoms with Crippen molar-refractivity contribution in [3.8, 4) is 5.75 Å². The molecule has 122 valence electrons. The summed E-state index contributed by atoms with van der Waals surface area (Å²) < 4.78 is 11.1. The molecule has 1 amide bonds. The zero-order valence-electron chi connectivity index (χ0n) is 13.6. The fourth-order valence-corrected chi connectivity index (χ4v) is 3.01. The van der Waals surface area contributed by atoms with Crippen molar-refractivity contribution in [3.05, 3.63) is 29.8 Å². The van der Waals surface area contributed by atoms with Gasteiger partial charge in [0, 0.05) is 25.3 Å². The van der Waals surface area contributed by atoms with Crippen LogP contribution in [0.25, 0.3) is 0 Å². The summed E-state index contributed by atoms with van der Waals surface area (Å²) in [5.41, 5.74) is 1.03. The van der Waals surface area contributed by atoms with Crippen LogP contribution in [0.3, 0.4) is 0 Å². The van der Waals surface area contributed by atoms with Crippen molar-refractivity contribution in [2.24, 2.45) is 0 Å². The quantitative estimate of drug-likeness (QED) is 0.773. The summed E-state index contributed by atoms with van der Waals surface area (Å²) in [5, 5.41) is -0.0453. The summed E-state index contributed by atoms with van der Waals surface area (Å²) in [6.45, 7) is 3.98. The van der Waals surface area contributed by atoms with Gasteiger partial charge in [-0.3, -0.25) is 4.79 Å². The van der Waals surface area contributed by atoms with E-state index in [0.717, 1.165) is 30.8 Å². The van der Waals surface area contributed by atoms with E-state index in [1.54, 1.807) is 18.9 Å². The van der Waals surface area contributed by atoms with Crippen LogP contribution in [0.1, 0.15) is 25.3 Å². The van der Waals surface area contributed by atoms with E-state index in [2.05, 4.69) is 0 Å². The van der Waals surface area contributed by atoms with E-state index >= 15 is 0 Å². The van der Waals surface area contributed by atoms with Crippen molar-refractivity contribution in [2.75, 3.05) is 26.5 Å². The summed E-state index contributed by atoms with van der Waals surface area (Å²) in [6, 6.07) is 7.87. The van der Waals surface area contributed by atoms with E-state index < -0.39 is 0 Å². The highest BCUT2D eigenvalue weighted by atomic mass is 32.2. The van der Waals surface area contributed by atoms with Gasteiger partial charge in [-0.25, -0.2) is 0 Å². The molecular formula is C17H25NO3S. The first-order chi connectivity index (χ1) is 10.7. The second-order valence-electron chi connectivity index (χ2n) is 5.54. The highest BCUT2D eigenvalue weighted by Gasteiger charge is 2.26. The summed E-state index contributed by atoms with van der Waals surface area (Å²) in [7, 11) is 1.66. The number of carbonyl (C=O) groups excluding carboxylic acids is 1. The lowest BCUT2D eigenvalue weighted by Crippen LogP contribution is -2.40. The van der Waals surface area contributed by atoms with Crippen LogP contribution in [-0.2, 0) is 16.1 Å². The van der Waals surface area contributed by atoms with Gasteiger partial charge in [-0.2, -0.15) is 11.8 Å². The smallest absolute Gasteiger partial charge is 0.235 e. The lowest BCUT2D eigenvalue weighted by molar-refractivity contribution is -0.132. The summed E-state index contributed by atoms with van der Waals surface area (Å²) in [4.78, 5) is 14.6. The van der Waals surface area contributed by atoms with Crippen LogP contribution in [0.4, 0.5) is 0 Å². The van der Waals surface area contributed by atoms with Gasteiger partial charge in [0.2, 0.25) is 5.91 Å². The van der Waals surface area contributed by atoms with Crippen molar-refractivity contribution >= 4 is 17.7 Å². The molecule has 2 rings (SSSR count). The molecule has 1 fully saturated rings. The van der Waals surface area contributed by atoms with Crippen LogP contribution in [-0.4, -0.2) is 48.7 Å². The molecule has 0 radical (unpaired) electrons. The maximum absolute atomic E-state index is 12.7. The third-order valence-electron chi connectivity index (χ3n) is 4.01. The minimum atomic E-state index is -0.0453. The Hall–Kier alpha value is -1.20. The van der Waals surface area contributed by atoms with Gasteiger partial charge in [0.1, 0.15) is 5.75 Å². The van der Waals surface area contributed by atoms with E-state index in [-0.39, 0.29) is 17.3 Å². The second-order valence-corrected chi connectivity index (χ2v) is 6.72. The van der Waals surface area contributed by atoms with Crippen molar-refractivity contribution in [1.29, 1.82) is 0 Å². The predicted molar refractivity (Wildman–Crippen MR) is 90.4 cm³/mol. The molecule has 0 aromatic heterocycles. The molecule has 22 heavy (non-hydrogen) atoms. The van der Waals surface area contributed by atoms with Crippen LogP contribution >= 0.6 is 11.8 Å². The first-order valence-electron chi connectivity index (χ1n) is 7.70. The SMILES string of the molecule is COc1ccccc1CN(C[C@H]1CCCO1)C(=O)[C@H](C)SC. The first kappa shape index (κ1) is 17.2. The normalized spacial score (nSPS) is 19.0. The number of amides is 1. The zero-order chi connectivity index (χ0) is 15.9. The van der Waals surface area contributed by atoms with Crippen molar-refractivity contribution in [3.63, 3.8) is 0 Å². The van der Waals surface area contributed by atoms with Crippen LogP contribution < -0.4 is 4.74 Å². The lowest BCUT2D eigenvalue weighted by atomic mass is 10.1. The number of para-hydroxylation sites is 1. The molecule has 0 N–H and O–H groups in total. The number of ether oxygens (including phenoxy) is 2. The molecule has 5 heteroatoms. The van der Waals surface area contributed by atoms with E-state index in [4.69, 9.17) is 9.47 Å². The number of rotatable bonds is 7. The summed E-state index contributed by atoms with van der Waals surface area (Å²) >= 11 is 1.58. The molecule has 2 atom stereocenters. The largest absolute Gasteiger partial charge is 0.496 e. The maximum atomic E-state index is 12.7. The Morgan fingerprint density at radius 3 is 2.91 bits per heavy atom. The number of carbonyl (C=O) groups is 1. The van der Waals surface area contributed by atoms with Crippen molar-refractivity contribution in [2.45, 2.75) is 37.7 Å². The molecule has 1 aromatic carbocycles. The first-order valence-corrected chi connectivity index (χ1v) is 8.99. The fraction of sp³-hybridized carbons (Fsp3) is 0.588. The van der Waals surface area contributed by atoms with Gasteiger partial charge in [-0.05, 0) is 32.1 Å². The number of hydrogen-bond acceptors (Lipinski definition) is 4. The Bertz CT molecular complexity index is 489. The molecule has 1 saturated heterocycles. The van der Waals surface area contributed by atoms with Gasteiger partial charge in [0.05, 0.1) is 18.5 Å². The van der Waals surface area contributed by atoms with Gasteiger partial charge in [-0.1, -0.05) is 18.2 Å². The Labute approximate surface area is 137 Å². The van der Waals surface area contributed by atoms with Crippen molar-refractivity contribution < 1.29 is 14.3 Å². The standard InChI is InChI=1S/C17H25NO3S/c1-13(22-3)17(19)18(12-15-8-6-10-21-15)11-14-7-4-5-9-16(14)20-2/h4-5,7,9,13,15H,6,8,10-12H2,1-3H3/t13-,15+/m0/s1. The topological polar surface area (TPSA) is 38.8 Å². The van der Waals surface area contributed by atoms with Crippen LogP contribution in [0.5, 0.6) is 5.75 Å². The Morgan fingerprint density at radius 1 is 1.50 bits per heavy atom. The second kappa shape index (κ2) is 8.44. The number of nitrogens with zero attached hydrogens (tertiary/aromatic N) is 1. The van der Waals surface area contributed by atoms with E-state index in [9.17, 15) is 4.79 Å². The third kappa shape index (κ3) is 4.40.